The topological polar surface area (TPSA) is 48.4 Å². The number of furan rings is 1. The van der Waals surface area contributed by atoms with Gasteiger partial charge in [0.2, 0.25) is 0 Å². The van der Waals surface area contributed by atoms with Gasteiger partial charge in [-0.05, 0) is 18.6 Å². The summed E-state index contributed by atoms with van der Waals surface area (Å²) in [7, 11) is 1.68. The molecule has 0 fully saturated rings. The normalized spacial score (nSPS) is 14.9. The molecule has 1 heterocycles. The van der Waals surface area contributed by atoms with Gasteiger partial charge in [0, 0.05) is 12.5 Å². The van der Waals surface area contributed by atoms with E-state index in [0.717, 1.165) is 24.0 Å². The first-order valence-corrected chi connectivity index (χ1v) is 6.51. The summed E-state index contributed by atoms with van der Waals surface area (Å²) < 4.78 is 11.2. The third-order valence-corrected chi connectivity index (χ3v) is 3.42. The molecule has 98 valence electrons. The fraction of sp³-hybridized carbons (Fsp3) is 0.429. The minimum atomic E-state index is -0.265. The van der Waals surface area contributed by atoms with Crippen LogP contribution in [0.3, 0.4) is 0 Å². The van der Waals surface area contributed by atoms with Crippen LogP contribution in [-0.2, 0) is 4.74 Å². The fourth-order valence-electron chi connectivity index (χ4n) is 2.12. The van der Waals surface area contributed by atoms with Gasteiger partial charge < -0.3 is 14.9 Å². The van der Waals surface area contributed by atoms with Crippen molar-refractivity contribution in [3.8, 4) is 0 Å². The van der Waals surface area contributed by atoms with Crippen molar-refractivity contribution in [1.29, 1.82) is 0 Å². The van der Waals surface area contributed by atoms with Crippen LogP contribution in [0.4, 0.5) is 0 Å². The Morgan fingerprint density at radius 3 is 2.83 bits per heavy atom. The Labute approximate surface area is 112 Å². The Balaban J connectivity index is 2.32. The Bertz CT molecular complexity index is 523. The zero-order chi connectivity index (χ0) is 13.1. The van der Waals surface area contributed by atoms with Gasteiger partial charge in [-0.1, -0.05) is 37.1 Å². The molecule has 0 bridgehead atoms. The minimum Gasteiger partial charge on any atom is -0.458 e. The number of benzene rings is 1. The number of rotatable bonds is 5. The van der Waals surface area contributed by atoms with Crippen molar-refractivity contribution in [2.45, 2.75) is 31.9 Å². The average Bonchev–Trinajstić information content (AvgIpc) is 2.80. The molecule has 1 aromatic carbocycles. The predicted molar refractivity (Wildman–Crippen MR) is 73.9 cm³/mol. The van der Waals surface area contributed by atoms with Crippen LogP contribution in [0, 0.1) is 0 Å². The lowest BCUT2D eigenvalue weighted by Crippen LogP contribution is -2.27. The molecule has 0 saturated carbocycles. The summed E-state index contributed by atoms with van der Waals surface area (Å²) in [5.41, 5.74) is 6.88. The minimum absolute atomic E-state index is 0.0330. The number of ether oxygens (including phenoxy) is 1. The molecule has 3 nitrogen and oxygen atoms in total. The summed E-state index contributed by atoms with van der Waals surface area (Å²) in [6.45, 7) is 2.11. The Hall–Kier alpha value is -1.03. The summed E-state index contributed by atoms with van der Waals surface area (Å²) in [6.07, 6.45) is 1.89. The second kappa shape index (κ2) is 5.74. The van der Waals surface area contributed by atoms with E-state index in [2.05, 4.69) is 6.92 Å². The van der Waals surface area contributed by atoms with Gasteiger partial charge in [0.05, 0.1) is 17.2 Å². The lowest BCUT2D eigenvalue weighted by molar-refractivity contribution is 0.0668. The van der Waals surface area contributed by atoms with Crippen molar-refractivity contribution in [2.75, 3.05) is 7.11 Å². The molecule has 2 aromatic rings. The van der Waals surface area contributed by atoms with Crippen LogP contribution < -0.4 is 5.73 Å². The highest BCUT2D eigenvalue weighted by Gasteiger charge is 2.22. The number of methoxy groups -OCH3 is 1. The van der Waals surface area contributed by atoms with Crippen LogP contribution in [0.25, 0.3) is 11.0 Å². The Kier molecular flexibility index (Phi) is 4.27. The fourth-order valence-corrected chi connectivity index (χ4v) is 2.34. The van der Waals surface area contributed by atoms with Gasteiger partial charge in [0.15, 0.2) is 5.58 Å². The van der Waals surface area contributed by atoms with Gasteiger partial charge in [-0.2, -0.15) is 0 Å². The largest absolute Gasteiger partial charge is 0.458 e. The molecule has 0 aliphatic carbocycles. The van der Waals surface area contributed by atoms with Crippen molar-refractivity contribution in [3.63, 3.8) is 0 Å². The third-order valence-electron chi connectivity index (χ3n) is 3.12. The monoisotopic (exact) mass is 267 g/mol. The number of nitrogens with two attached hydrogens (primary N) is 1. The molecule has 2 rings (SSSR count). The highest BCUT2D eigenvalue weighted by atomic mass is 35.5. The highest BCUT2D eigenvalue weighted by Crippen LogP contribution is 2.30. The number of hydrogen-bond acceptors (Lipinski definition) is 3. The van der Waals surface area contributed by atoms with E-state index in [-0.39, 0.29) is 12.1 Å². The third kappa shape index (κ3) is 2.53. The van der Waals surface area contributed by atoms with Gasteiger partial charge >= 0.3 is 0 Å². The number of para-hydroxylation sites is 1. The maximum absolute atomic E-state index is 6.19. The van der Waals surface area contributed by atoms with Gasteiger partial charge in [-0.3, -0.25) is 0 Å². The lowest BCUT2D eigenvalue weighted by atomic mass is 10.0. The van der Waals surface area contributed by atoms with Crippen molar-refractivity contribution in [2.24, 2.45) is 5.73 Å². The summed E-state index contributed by atoms with van der Waals surface area (Å²) in [4.78, 5) is 0. The van der Waals surface area contributed by atoms with Crippen molar-refractivity contribution < 1.29 is 9.15 Å². The van der Waals surface area contributed by atoms with Crippen LogP contribution in [0.5, 0.6) is 0 Å². The van der Waals surface area contributed by atoms with Gasteiger partial charge in [-0.15, -0.1) is 0 Å². The molecular weight excluding hydrogens is 250 g/mol. The van der Waals surface area contributed by atoms with E-state index < -0.39 is 0 Å². The molecule has 4 heteroatoms. The smallest absolute Gasteiger partial charge is 0.152 e. The van der Waals surface area contributed by atoms with Gasteiger partial charge in [-0.25, -0.2) is 0 Å². The van der Waals surface area contributed by atoms with Crippen molar-refractivity contribution in [3.05, 3.63) is 35.0 Å². The average molecular weight is 268 g/mol. The number of halogens is 1. The summed E-state index contributed by atoms with van der Waals surface area (Å²) in [6, 6.07) is 7.34. The van der Waals surface area contributed by atoms with E-state index in [0.29, 0.717) is 10.6 Å². The summed E-state index contributed by atoms with van der Waals surface area (Å²) >= 11 is 6.08. The van der Waals surface area contributed by atoms with E-state index in [9.17, 15) is 0 Å². The number of fused-ring (bicyclic) bond motifs is 1. The molecular formula is C14H18ClNO2. The quantitative estimate of drug-likeness (QED) is 0.894. The molecule has 0 aliphatic heterocycles. The van der Waals surface area contributed by atoms with E-state index >= 15 is 0 Å². The summed E-state index contributed by atoms with van der Waals surface area (Å²) in [5.74, 6) is 0.721. The molecule has 0 amide bonds. The van der Waals surface area contributed by atoms with E-state index in [1.54, 1.807) is 7.11 Å². The molecule has 0 radical (unpaired) electrons. The Morgan fingerprint density at radius 1 is 1.44 bits per heavy atom. The molecule has 18 heavy (non-hydrogen) atoms. The standard InChI is InChI=1S/C14H18ClNO2/c1-3-5-11(17-2)13(16)12-8-9-6-4-7-10(15)14(9)18-12/h4,6-8,11,13H,3,5,16H2,1-2H3. The van der Waals surface area contributed by atoms with E-state index in [1.165, 1.54) is 0 Å². The van der Waals surface area contributed by atoms with E-state index in [4.69, 9.17) is 26.5 Å². The first-order chi connectivity index (χ1) is 8.67. The maximum atomic E-state index is 6.19. The number of hydrogen-bond donors (Lipinski definition) is 1. The molecule has 1 aromatic heterocycles. The molecule has 2 unspecified atom stereocenters. The predicted octanol–water partition coefficient (Wildman–Crippen LogP) is 3.90. The highest BCUT2D eigenvalue weighted by molar-refractivity contribution is 6.34. The van der Waals surface area contributed by atoms with Crippen LogP contribution in [0.1, 0.15) is 31.6 Å². The summed E-state index contributed by atoms with van der Waals surface area (Å²) in [5, 5.41) is 1.58. The van der Waals surface area contributed by atoms with Crippen LogP contribution in [0.2, 0.25) is 5.02 Å². The second-order valence-corrected chi connectivity index (χ2v) is 4.80. The van der Waals surface area contributed by atoms with Crippen LogP contribution in [0.15, 0.2) is 28.7 Å². The van der Waals surface area contributed by atoms with Gasteiger partial charge in [0.25, 0.3) is 0 Å². The molecule has 0 saturated heterocycles. The molecule has 0 spiro atoms. The molecule has 2 atom stereocenters. The zero-order valence-electron chi connectivity index (χ0n) is 10.7. The lowest BCUT2D eigenvalue weighted by Gasteiger charge is -2.20. The first-order valence-electron chi connectivity index (χ1n) is 6.13. The van der Waals surface area contributed by atoms with E-state index in [1.807, 2.05) is 24.3 Å². The second-order valence-electron chi connectivity index (χ2n) is 4.40. The van der Waals surface area contributed by atoms with Gasteiger partial charge in [0.1, 0.15) is 5.76 Å². The van der Waals surface area contributed by atoms with Crippen LogP contribution >= 0.6 is 11.6 Å². The Morgan fingerprint density at radius 2 is 2.22 bits per heavy atom. The SMILES string of the molecule is CCCC(OC)C(N)c1cc2cccc(Cl)c2o1. The van der Waals surface area contributed by atoms with Crippen molar-refractivity contribution >= 4 is 22.6 Å². The van der Waals surface area contributed by atoms with Crippen LogP contribution in [-0.4, -0.2) is 13.2 Å². The molecule has 2 N–H and O–H groups in total. The molecule has 0 aliphatic rings. The maximum Gasteiger partial charge on any atom is 0.152 e. The zero-order valence-corrected chi connectivity index (χ0v) is 11.4. The first kappa shape index (κ1) is 13.4. The van der Waals surface area contributed by atoms with Crippen molar-refractivity contribution in [1.82, 2.24) is 0 Å².